The Balaban J connectivity index is 2.09. The molecule has 1 heterocycles. The van der Waals surface area contributed by atoms with Crippen molar-refractivity contribution in [2.75, 3.05) is 0 Å². The molecule has 0 saturated heterocycles. The molecule has 4 heteroatoms. The van der Waals surface area contributed by atoms with Gasteiger partial charge in [-0.1, -0.05) is 29.8 Å². The van der Waals surface area contributed by atoms with Gasteiger partial charge < -0.3 is 0 Å². The number of hydrogen-bond donors (Lipinski definition) is 0. The molecule has 0 fully saturated rings. The van der Waals surface area contributed by atoms with Crippen molar-refractivity contribution in [2.24, 2.45) is 7.05 Å². The summed E-state index contributed by atoms with van der Waals surface area (Å²) >= 11 is 3.49. The lowest BCUT2D eigenvalue weighted by molar-refractivity contribution is -0.117. The Morgan fingerprint density at radius 3 is 2.63 bits per heavy atom. The molecule has 0 bridgehead atoms. The first kappa shape index (κ1) is 14.0. The van der Waals surface area contributed by atoms with E-state index < -0.39 is 0 Å². The molecule has 0 aliphatic rings. The van der Waals surface area contributed by atoms with E-state index in [1.807, 2.05) is 39.1 Å². The Morgan fingerprint density at radius 1 is 1.32 bits per heavy atom. The van der Waals surface area contributed by atoms with E-state index in [4.69, 9.17) is 0 Å². The van der Waals surface area contributed by atoms with E-state index in [1.165, 1.54) is 5.56 Å². The van der Waals surface area contributed by atoms with Crippen LogP contribution in [-0.4, -0.2) is 15.6 Å². The van der Waals surface area contributed by atoms with Crippen LogP contribution in [0.15, 0.2) is 28.7 Å². The molecule has 0 radical (unpaired) electrons. The minimum absolute atomic E-state index is 0.203. The fourth-order valence-electron chi connectivity index (χ4n) is 2.17. The van der Waals surface area contributed by atoms with Crippen LogP contribution in [0.2, 0.25) is 0 Å². The number of benzene rings is 1. The Bertz CT molecular complexity index is 617. The Labute approximate surface area is 121 Å². The molecule has 0 amide bonds. The van der Waals surface area contributed by atoms with Gasteiger partial charge in [0.1, 0.15) is 5.78 Å². The van der Waals surface area contributed by atoms with E-state index in [0.717, 1.165) is 21.4 Å². The third-order valence-electron chi connectivity index (χ3n) is 3.11. The van der Waals surface area contributed by atoms with Gasteiger partial charge >= 0.3 is 0 Å². The first-order chi connectivity index (χ1) is 8.97. The van der Waals surface area contributed by atoms with Crippen LogP contribution < -0.4 is 0 Å². The van der Waals surface area contributed by atoms with Crippen LogP contribution in [0.1, 0.15) is 22.5 Å². The third kappa shape index (κ3) is 3.32. The summed E-state index contributed by atoms with van der Waals surface area (Å²) in [4.78, 5) is 12.1. The van der Waals surface area contributed by atoms with Crippen molar-refractivity contribution >= 4 is 21.7 Å². The molecule has 2 rings (SSSR count). The molecule has 0 atom stereocenters. The molecule has 3 nitrogen and oxygen atoms in total. The maximum atomic E-state index is 12.1. The van der Waals surface area contributed by atoms with Gasteiger partial charge in [-0.3, -0.25) is 9.48 Å². The first-order valence-electron chi connectivity index (χ1n) is 6.22. The maximum Gasteiger partial charge on any atom is 0.143 e. The van der Waals surface area contributed by atoms with Crippen molar-refractivity contribution < 1.29 is 4.79 Å². The van der Waals surface area contributed by atoms with Crippen molar-refractivity contribution in [3.05, 3.63) is 51.3 Å². The summed E-state index contributed by atoms with van der Waals surface area (Å²) in [5.41, 5.74) is 4.11. The molecular formula is C15H17BrN2O. The minimum Gasteiger partial charge on any atom is -0.299 e. The van der Waals surface area contributed by atoms with E-state index >= 15 is 0 Å². The number of rotatable bonds is 4. The average Bonchev–Trinajstić information content (AvgIpc) is 2.56. The second kappa shape index (κ2) is 5.70. The number of aromatic nitrogens is 2. The summed E-state index contributed by atoms with van der Waals surface area (Å²) in [6, 6.07) is 8.08. The van der Waals surface area contributed by atoms with Crippen LogP contribution in [0.25, 0.3) is 0 Å². The highest BCUT2D eigenvalue weighted by molar-refractivity contribution is 9.10. The van der Waals surface area contributed by atoms with Crippen LogP contribution in [-0.2, 0) is 24.7 Å². The quantitative estimate of drug-likeness (QED) is 0.867. The topological polar surface area (TPSA) is 34.9 Å². The number of carbonyl (C=O) groups excluding carboxylic acids is 1. The molecule has 19 heavy (non-hydrogen) atoms. The van der Waals surface area contributed by atoms with Crippen LogP contribution in [0, 0.1) is 13.8 Å². The molecule has 1 aromatic carbocycles. The van der Waals surface area contributed by atoms with E-state index in [0.29, 0.717) is 12.8 Å². The second-order valence-corrected chi connectivity index (χ2v) is 5.64. The van der Waals surface area contributed by atoms with Crippen LogP contribution >= 0.6 is 15.9 Å². The highest BCUT2D eigenvalue weighted by Crippen LogP contribution is 2.21. The summed E-state index contributed by atoms with van der Waals surface area (Å²) in [5, 5.41) is 4.30. The number of hydrogen-bond acceptors (Lipinski definition) is 2. The zero-order valence-electron chi connectivity index (χ0n) is 11.4. The number of nitrogens with zero attached hydrogens (tertiary/aromatic N) is 2. The van der Waals surface area contributed by atoms with Gasteiger partial charge in [-0.25, -0.2) is 0 Å². The van der Waals surface area contributed by atoms with Gasteiger partial charge in [0, 0.05) is 19.9 Å². The predicted octanol–water partition coefficient (Wildman–Crippen LogP) is 3.15. The van der Waals surface area contributed by atoms with Gasteiger partial charge in [-0.2, -0.15) is 5.10 Å². The zero-order chi connectivity index (χ0) is 14.0. The summed E-state index contributed by atoms with van der Waals surface area (Å²) in [7, 11) is 1.87. The lowest BCUT2D eigenvalue weighted by atomic mass is 10.0. The van der Waals surface area contributed by atoms with Gasteiger partial charge in [-0.15, -0.1) is 0 Å². The number of aryl methyl sites for hydroxylation is 3. The molecule has 0 spiro atoms. The smallest absolute Gasteiger partial charge is 0.143 e. The van der Waals surface area contributed by atoms with Crippen molar-refractivity contribution in [1.29, 1.82) is 0 Å². The summed E-state index contributed by atoms with van der Waals surface area (Å²) in [6.07, 6.45) is 0.879. The molecule has 2 aromatic rings. The van der Waals surface area contributed by atoms with Crippen molar-refractivity contribution in [3.63, 3.8) is 0 Å². The minimum atomic E-state index is 0.203. The number of ketones is 1. The summed E-state index contributed by atoms with van der Waals surface area (Å²) in [5.74, 6) is 0.203. The molecule has 0 aliphatic heterocycles. The van der Waals surface area contributed by atoms with E-state index in [2.05, 4.69) is 27.1 Å². The molecule has 1 aromatic heterocycles. The largest absolute Gasteiger partial charge is 0.299 e. The highest BCUT2D eigenvalue weighted by Gasteiger charge is 2.14. The molecule has 0 unspecified atom stereocenters. The van der Waals surface area contributed by atoms with Crippen molar-refractivity contribution in [1.82, 2.24) is 9.78 Å². The van der Waals surface area contributed by atoms with Gasteiger partial charge in [0.05, 0.1) is 15.9 Å². The number of Topliss-reactive ketones (excluding diaryl/α,β-unsaturated/α-hetero) is 1. The third-order valence-corrected chi connectivity index (χ3v) is 4.14. The number of halogens is 1. The molecule has 0 saturated carbocycles. The Morgan fingerprint density at radius 2 is 2.05 bits per heavy atom. The fourth-order valence-corrected chi connectivity index (χ4v) is 2.65. The molecule has 100 valence electrons. The second-order valence-electron chi connectivity index (χ2n) is 4.85. The fraction of sp³-hybridized carbons (Fsp3) is 0.333. The number of carbonyl (C=O) groups is 1. The van der Waals surface area contributed by atoms with Crippen LogP contribution in [0.4, 0.5) is 0 Å². The maximum absolute atomic E-state index is 12.1. The summed E-state index contributed by atoms with van der Waals surface area (Å²) < 4.78 is 2.71. The monoisotopic (exact) mass is 320 g/mol. The summed E-state index contributed by atoms with van der Waals surface area (Å²) in [6.45, 7) is 3.97. The highest BCUT2D eigenvalue weighted by atomic mass is 79.9. The van der Waals surface area contributed by atoms with E-state index in [-0.39, 0.29) is 5.78 Å². The van der Waals surface area contributed by atoms with E-state index in [1.54, 1.807) is 4.68 Å². The SMILES string of the molecule is Cc1cccc(CC(=O)Cc2c(Br)c(C)nn2C)c1. The van der Waals surface area contributed by atoms with Gasteiger partial charge in [0.15, 0.2) is 0 Å². The van der Waals surface area contributed by atoms with Crippen LogP contribution in [0.5, 0.6) is 0 Å². The molecule has 0 N–H and O–H groups in total. The van der Waals surface area contributed by atoms with Gasteiger partial charge in [0.2, 0.25) is 0 Å². The molecular weight excluding hydrogens is 304 g/mol. The van der Waals surface area contributed by atoms with Crippen molar-refractivity contribution in [2.45, 2.75) is 26.7 Å². The molecule has 0 aliphatic carbocycles. The van der Waals surface area contributed by atoms with E-state index in [9.17, 15) is 4.79 Å². The lowest BCUT2D eigenvalue weighted by Crippen LogP contribution is -2.10. The van der Waals surface area contributed by atoms with Gasteiger partial charge in [-0.05, 0) is 35.3 Å². The van der Waals surface area contributed by atoms with Crippen LogP contribution in [0.3, 0.4) is 0 Å². The standard InChI is InChI=1S/C15H17BrN2O/c1-10-5-4-6-12(7-10)8-13(19)9-14-15(16)11(2)17-18(14)3/h4-7H,8-9H2,1-3H3. The predicted molar refractivity (Wildman–Crippen MR) is 79.2 cm³/mol. The average molecular weight is 321 g/mol. The Kier molecular flexibility index (Phi) is 4.20. The first-order valence-corrected chi connectivity index (χ1v) is 7.02. The van der Waals surface area contributed by atoms with Gasteiger partial charge in [0.25, 0.3) is 0 Å². The lowest BCUT2D eigenvalue weighted by Gasteiger charge is -2.04. The Hall–Kier alpha value is -1.42. The normalized spacial score (nSPS) is 10.7. The zero-order valence-corrected chi connectivity index (χ0v) is 13.0. The van der Waals surface area contributed by atoms with Crippen molar-refractivity contribution in [3.8, 4) is 0 Å².